The zero-order valence-electron chi connectivity index (χ0n) is 19.2. The van der Waals surface area contributed by atoms with Crippen molar-refractivity contribution in [2.24, 2.45) is 23.7 Å². The SMILES string of the molecule is Cc1ccccc1CN1CCC(CN(Cc2cccnc2)C(=O)[C@@H]2C[C@H]3C=C[C@@H]2C3)CC1. The first-order valence-corrected chi connectivity index (χ1v) is 12.3. The average molecular weight is 430 g/mol. The van der Waals surface area contributed by atoms with Crippen molar-refractivity contribution >= 4 is 5.91 Å². The lowest BCUT2D eigenvalue weighted by Crippen LogP contribution is -2.43. The molecular formula is C28H35N3O. The summed E-state index contributed by atoms with van der Waals surface area (Å²) in [4.78, 5) is 22.6. The Morgan fingerprint density at radius 2 is 1.94 bits per heavy atom. The van der Waals surface area contributed by atoms with E-state index in [0.29, 0.717) is 30.2 Å². The lowest BCUT2D eigenvalue weighted by molar-refractivity contribution is -0.138. The second-order valence-corrected chi connectivity index (χ2v) is 10.1. The Hall–Kier alpha value is -2.46. The van der Waals surface area contributed by atoms with Gasteiger partial charge in [-0.1, -0.05) is 42.5 Å². The number of hydrogen-bond acceptors (Lipinski definition) is 3. The second kappa shape index (κ2) is 9.58. The molecule has 0 unspecified atom stereocenters. The molecule has 2 heterocycles. The Morgan fingerprint density at radius 1 is 1.09 bits per heavy atom. The molecule has 0 N–H and O–H groups in total. The molecule has 5 rings (SSSR count). The van der Waals surface area contributed by atoms with Gasteiger partial charge in [-0.05, 0) is 86.2 Å². The molecular weight excluding hydrogens is 394 g/mol. The normalized spacial score (nSPS) is 25.3. The lowest BCUT2D eigenvalue weighted by atomic mass is 9.90. The zero-order valence-corrected chi connectivity index (χ0v) is 19.2. The quantitative estimate of drug-likeness (QED) is 0.591. The minimum atomic E-state index is 0.183. The maximum Gasteiger partial charge on any atom is 0.226 e. The van der Waals surface area contributed by atoms with E-state index in [1.165, 1.54) is 30.4 Å². The number of benzene rings is 1. The molecule has 0 radical (unpaired) electrons. The van der Waals surface area contributed by atoms with Crippen molar-refractivity contribution in [1.82, 2.24) is 14.8 Å². The van der Waals surface area contributed by atoms with Crippen molar-refractivity contribution in [3.05, 3.63) is 77.6 Å². The first-order chi connectivity index (χ1) is 15.7. The minimum absolute atomic E-state index is 0.183. The van der Waals surface area contributed by atoms with E-state index in [2.05, 4.69) is 64.2 Å². The first-order valence-electron chi connectivity index (χ1n) is 12.3. The Bertz CT molecular complexity index is 948. The second-order valence-electron chi connectivity index (χ2n) is 10.1. The number of rotatable bonds is 7. The molecule has 32 heavy (non-hydrogen) atoms. The van der Waals surface area contributed by atoms with Crippen LogP contribution in [-0.2, 0) is 17.9 Å². The number of fused-ring (bicyclic) bond motifs is 2. The average Bonchev–Trinajstić information content (AvgIpc) is 3.45. The monoisotopic (exact) mass is 429 g/mol. The van der Waals surface area contributed by atoms with Gasteiger partial charge < -0.3 is 4.90 Å². The van der Waals surface area contributed by atoms with Gasteiger partial charge in [0, 0.05) is 37.9 Å². The number of nitrogens with zero attached hydrogens (tertiary/aromatic N) is 3. The number of likely N-dealkylation sites (tertiary alicyclic amines) is 1. The van der Waals surface area contributed by atoms with Gasteiger partial charge in [-0.2, -0.15) is 0 Å². The van der Waals surface area contributed by atoms with Gasteiger partial charge in [-0.25, -0.2) is 0 Å². The molecule has 1 aromatic carbocycles. The van der Waals surface area contributed by atoms with Gasteiger partial charge in [-0.3, -0.25) is 14.7 Å². The van der Waals surface area contributed by atoms with Crippen molar-refractivity contribution in [2.75, 3.05) is 19.6 Å². The third-order valence-electron chi connectivity index (χ3n) is 7.84. The third-order valence-corrected chi connectivity index (χ3v) is 7.84. The topological polar surface area (TPSA) is 36.4 Å². The Morgan fingerprint density at radius 3 is 2.62 bits per heavy atom. The number of amides is 1. The van der Waals surface area contributed by atoms with Crippen molar-refractivity contribution < 1.29 is 4.79 Å². The zero-order chi connectivity index (χ0) is 21.9. The number of allylic oxidation sites excluding steroid dienone is 2. The van der Waals surface area contributed by atoms with Crippen LogP contribution >= 0.6 is 0 Å². The molecule has 3 atom stereocenters. The van der Waals surface area contributed by atoms with Crippen molar-refractivity contribution in [1.29, 1.82) is 0 Å². The molecule has 2 bridgehead atoms. The molecule has 2 aromatic rings. The maximum absolute atomic E-state index is 13.6. The maximum atomic E-state index is 13.6. The molecule has 4 heteroatoms. The summed E-state index contributed by atoms with van der Waals surface area (Å²) >= 11 is 0. The van der Waals surface area contributed by atoms with Crippen LogP contribution in [0, 0.1) is 30.6 Å². The molecule has 4 nitrogen and oxygen atoms in total. The number of hydrogen-bond donors (Lipinski definition) is 0. The highest BCUT2D eigenvalue weighted by atomic mass is 16.2. The van der Waals surface area contributed by atoms with Crippen LogP contribution in [0.25, 0.3) is 0 Å². The summed E-state index contributed by atoms with van der Waals surface area (Å²) in [6.45, 7) is 7.04. The van der Waals surface area contributed by atoms with E-state index in [9.17, 15) is 4.79 Å². The smallest absolute Gasteiger partial charge is 0.226 e. The van der Waals surface area contributed by atoms with Gasteiger partial charge in [0.05, 0.1) is 0 Å². The number of aromatic nitrogens is 1. The summed E-state index contributed by atoms with van der Waals surface area (Å²) < 4.78 is 0. The van der Waals surface area contributed by atoms with Crippen LogP contribution in [0.15, 0.2) is 60.9 Å². The van der Waals surface area contributed by atoms with E-state index in [4.69, 9.17) is 0 Å². The fraction of sp³-hybridized carbons (Fsp3) is 0.500. The van der Waals surface area contributed by atoms with E-state index in [0.717, 1.165) is 38.2 Å². The molecule has 1 aromatic heterocycles. The molecule has 3 aliphatic rings. The van der Waals surface area contributed by atoms with E-state index < -0.39 is 0 Å². The fourth-order valence-corrected chi connectivity index (χ4v) is 5.91. The van der Waals surface area contributed by atoms with Crippen LogP contribution in [-0.4, -0.2) is 40.3 Å². The van der Waals surface area contributed by atoms with E-state index >= 15 is 0 Å². The summed E-state index contributed by atoms with van der Waals surface area (Å²) in [6, 6.07) is 12.8. The fourth-order valence-electron chi connectivity index (χ4n) is 5.91. The van der Waals surface area contributed by atoms with Gasteiger partial charge >= 0.3 is 0 Å². The third kappa shape index (κ3) is 4.80. The summed E-state index contributed by atoms with van der Waals surface area (Å²) in [7, 11) is 0. The number of carbonyl (C=O) groups is 1. The predicted molar refractivity (Wildman–Crippen MR) is 128 cm³/mol. The van der Waals surface area contributed by atoms with Gasteiger partial charge in [-0.15, -0.1) is 0 Å². The van der Waals surface area contributed by atoms with Crippen LogP contribution < -0.4 is 0 Å². The van der Waals surface area contributed by atoms with Crippen LogP contribution in [0.5, 0.6) is 0 Å². The molecule has 2 aliphatic carbocycles. The van der Waals surface area contributed by atoms with Gasteiger partial charge in [0.1, 0.15) is 0 Å². The van der Waals surface area contributed by atoms with Gasteiger partial charge in [0.25, 0.3) is 0 Å². The van der Waals surface area contributed by atoms with E-state index in [1.807, 2.05) is 12.3 Å². The Balaban J connectivity index is 1.21. The van der Waals surface area contributed by atoms with E-state index in [-0.39, 0.29) is 5.92 Å². The van der Waals surface area contributed by atoms with Gasteiger partial charge in [0.2, 0.25) is 5.91 Å². The molecule has 2 fully saturated rings. The number of carbonyl (C=O) groups excluding carboxylic acids is 1. The van der Waals surface area contributed by atoms with Crippen molar-refractivity contribution in [3.8, 4) is 0 Å². The number of pyridine rings is 1. The minimum Gasteiger partial charge on any atom is -0.338 e. The summed E-state index contributed by atoms with van der Waals surface area (Å²) in [5.74, 6) is 2.22. The van der Waals surface area contributed by atoms with Crippen LogP contribution in [0.1, 0.15) is 42.4 Å². The first kappa shape index (κ1) is 21.4. The van der Waals surface area contributed by atoms with Crippen LogP contribution in [0.3, 0.4) is 0 Å². The summed E-state index contributed by atoms with van der Waals surface area (Å²) in [5, 5.41) is 0. The molecule has 1 saturated heterocycles. The Labute approximate surface area is 192 Å². The standard InChI is InChI=1S/C28H35N3O/c1-21-5-2-3-7-26(21)20-30-13-10-22(11-14-30)18-31(19-24-6-4-12-29-17-24)28(32)27-16-23-8-9-25(27)15-23/h2-9,12,17,22-23,25,27H,10-11,13-16,18-20H2,1H3/t23-,25+,27+/m0/s1. The number of aryl methyl sites for hydroxylation is 1. The predicted octanol–water partition coefficient (Wildman–Crippen LogP) is 4.84. The molecule has 1 amide bonds. The molecule has 168 valence electrons. The molecule has 1 saturated carbocycles. The Kier molecular flexibility index (Phi) is 6.40. The lowest BCUT2D eigenvalue weighted by Gasteiger charge is -2.36. The molecule has 1 aliphatic heterocycles. The largest absolute Gasteiger partial charge is 0.338 e. The summed E-state index contributed by atoms with van der Waals surface area (Å²) in [6.07, 6.45) is 12.9. The molecule has 0 spiro atoms. The van der Waals surface area contributed by atoms with Crippen LogP contribution in [0.4, 0.5) is 0 Å². The van der Waals surface area contributed by atoms with Gasteiger partial charge in [0.15, 0.2) is 0 Å². The highest BCUT2D eigenvalue weighted by Gasteiger charge is 2.41. The number of piperidine rings is 1. The van der Waals surface area contributed by atoms with E-state index in [1.54, 1.807) is 6.20 Å². The highest BCUT2D eigenvalue weighted by molar-refractivity contribution is 5.80. The highest BCUT2D eigenvalue weighted by Crippen LogP contribution is 2.44. The van der Waals surface area contributed by atoms with Crippen molar-refractivity contribution in [2.45, 2.75) is 45.7 Å². The van der Waals surface area contributed by atoms with Crippen LogP contribution in [0.2, 0.25) is 0 Å². The van der Waals surface area contributed by atoms with Crippen molar-refractivity contribution in [3.63, 3.8) is 0 Å². The summed E-state index contributed by atoms with van der Waals surface area (Å²) in [5.41, 5.74) is 3.95.